The number of nitrogens with zero attached hydrogens (tertiary/aromatic N) is 7. The average molecular weight is 672 g/mol. The Kier molecular flexibility index (Phi) is 11.0. The summed E-state index contributed by atoms with van der Waals surface area (Å²) in [7, 11) is 0. The Balaban J connectivity index is 1.30. The maximum atomic E-state index is 13.8. The summed E-state index contributed by atoms with van der Waals surface area (Å²) in [6, 6.07) is 5.66. The number of aromatic nitrogens is 5. The zero-order chi connectivity index (χ0) is 34.3. The van der Waals surface area contributed by atoms with Crippen LogP contribution in [0.4, 0.5) is 13.6 Å². The van der Waals surface area contributed by atoms with Crippen molar-refractivity contribution in [3.8, 4) is 5.75 Å². The number of piperazine rings is 1. The molecule has 0 aliphatic carbocycles. The smallest absolute Gasteiger partial charge is 0.409 e. The number of aryl methyl sites for hydroxylation is 2. The fraction of sp³-hybridized carbons (Fsp3) is 0.548. The number of amides is 4. The highest BCUT2D eigenvalue weighted by atomic mass is 19.3. The zero-order valence-electron chi connectivity index (χ0n) is 26.9. The molecule has 4 amide bonds. The lowest BCUT2D eigenvalue weighted by molar-refractivity contribution is -0.135. The van der Waals surface area contributed by atoms with Gasteiger partial charge in [0, 0.05) is 57.0 Å². The van der Waals surface area contributed by atoms with E-state index in [4.69, 9.17) is 9.47 Å². The van der Waals surface area contributed by atoms with Crippen molar-refractivity contribution in [1.29, 1.82) is 0 Å². The molecule has 5 rings (SSSR count). The molecule has 48 heavy (non-hydrogen) atoms. The first-order valence-electron chi connectivity index (χ1n) is 16.0. The minimum absolute atomic E-state index is 0.0692. The number of fused-ring (bicyclic) bond motifs is 1. The predicted molar refractivity (Wildman–Crippen MR) is 166 cm³/mol. The number of benzene rings is 1. The predicted octanol–water partition coefficient (Wildman–Crippen LogP) is 2.11. The second kappa shape index (κ2) is 15.3. The Hall–Kier alpha value is -4.96. The summed E-state index contributed by atoms with van der Waals surface area (Å²) in [5, 5.41) is 17.1. The fourth-order valence-corrected chi connectivity index (χ4v) is 5.50. The van der Waals surface area contributed by atoms with Gasteiger partial charge in [-0.2, -0.15) is 5.21 Å². The van der Waals surface area contributed by atoms with Gasteiger partial charge in [0.1, 0.15) is 17.5 Å². The van der Waals surface area contributed by atoms with Gasteiger partial charge in [-0.05, 0) is 37.5 Å². The van der Waals surface area contributed by atoms with Crippen molar-refractivity contribution >= 4 is 34.7 Å². The molecule has 1 unspecified atom stereocenters. The number of carbonyl (C=O) groups is 4. The van der Waals surface area contributed by atoms with E-state index in [0.717, 1.165) is 23.3 Å². The summed E-state index contributed by atoms with van der Waals surface area (Å²) in [6.07, 6.45) is 1.21. The van der Waals surface area contributed by atoms with E-state index in [1.165, 1.54) is 6.07 Å². The monoisotopic (exact) mass is 671 g/mol. The van der Waals surface area contributed by atoms with Gasteiger partial charge in [-0.3, -0.25) is 14.4 Å². The summed E-state index contributed by atoms with van der Waals surface area (Å²) < 4.78 is 38.4. The third-order valence-corrected chi connectivity index (χ3v) is 8.26. The highest BCUT2D eigenvalue weighted by Gasteiger charge is 2.40. The van der Waals surface area contributed by atoms with Crippen LogP contribution in [0.1, 0.15) is 54.5 Å². The number of H-pyrrole nitrogens is 1. The topological polar surface area (TPSA) is 176 Å². The van der Waals surface area contributed by atoms with Gasteiger partial charge in [0.15, 0.2) is 12.4 Å². The van der Waals surface area contributed by atoms with Crippen LogP contribution in [0.3, 0.4) is 0 Å². The minimum Gasteiger partial charge on any atom is -0.483 e. The van der Waals surface area contributed by atoms with Crippen molar-refractivity contribution in [3.05, 3.63) is 41.3 Å². The second-order valence-electron chi connectivity index (χ2n) is 11.9. The van der Waals surface area contributed by atoms with Crippen molar-refractivity contribution < 1.29 is 37.4 Å². The van der Waals surface area contributed by atoms with Crippen LogP contribution in [-0.2, 0) is 20.7 Å². The summed E-state index contributed by atoms with van der Waals surface area (Å²) in [5.41, 5.74) is 1.20. The maximum absolute atomic E-state index is 13.8. The molecule has 0 radical (unpaired) electrons. The third-order valence-electron chi connectivity index (χ3n) is 8.26. The van der Waals surface area contributed by atoms with E-state index in [2.05, 4.69) is 30.9 Å². The summed E-state index contributed by atoms with van der Waals surface area (Å²) >= 11 is 0. The first kappa shape index (κ1) is 34.4. The van der Waals surface area contributed by atoms with Crippen LogP contribution in [0.5, 0.6) is 5.75 Å². The molecule has 2 N–H and O–H groups in total. The van der Waals surface area contributed by atoms with Gasteiger partial charge in [0.25, 0.3) is 17.7 Å². The molecule has 17 heteroatoms. The van der Waals surface area contributed by atoms with Crippen LogP contribution >= 0.6 is 0 Å². The molecule has 1 aromatic carbocycles. The Bertz CT molecular complexity index is 1620. The standard InChI is InChI=1S/C31H39F2N9O6/c1-3-4-15-47-30(46)41-13-11-40(12-14-41)29(45)22(7-8-26-36-38-39-37-26)35-28(44)24-17-25(21-6-5-20(2)16-23(21)34-24)48-18-27(43)42-10-9-31(32,33)19-42/h5-6,16-17,22H,3-4,7-15,18-19H2,1-2H3,(H,35,44)(H,36,37,38,39). The van der Waals surface area contributed by atoms with Crippen LogP contribution in [0.25, 0.3) is 10.9 Å². The first-order valence-corrected chi connectivity index (χ1v) is 16.0. The molecule has 15 nitrogen and oxygen atoms in total. The molecule has 2 fully saturated rings. The van der Waals surface area contributed by atoms with Gasteiger partial charge in [0.2, 0.25) is 5.91 Å². The minimum atomic E-state index is -2.94. The molecule has 2 saturated heterocycles. The molecule has 2 aliphatic heterocycles. The number of alkyl halides is 2. The van der Waals surface area contributed by atoms with Crippen molar-refractivity contribution in [1.82, 2.24) is 45.6 Å². The highest BCUT2D eigenvalue weighted by Crippen LogP contribution is 2.29. The molecule has 4 heterocycles. The normalized spacial score (nSPS) is 16.5. The molecule has 0 spiro atoms. The largest absolute Gasteiger partial charge is 0.483 e. The number of hydrogen-bond donors (Lipinski definition) is 2. The number of tetrazole rings is 1. The van der Waals surface area contributed by atoms with E-state index in [1.807, 2.05) is 19.9 Å². The fourth-order valence-electron chi connectivity index (χ4n) is 5.50. The lowest BCUT2D eigenvalue weighted by Gasteiger charge is -2.36. The molecule has 1 atom stereocenters. The highest BCUT2D eigenvalue weighted by molar-refractivity contribution is 5.99. The van der Waals surface area contributed by atoms with E-state index >= 15 is 0 Å². The second-order valence-corrected chi connectivity index (χ2v) is 11.9. The first-order chi connectivity index (χ1) is 23.0. The number of rotatable bonds is 12. The lowest BCUT2D eigenvalue weighted by atomic mass is 10.1. The number of carbonyl (C=O) groups excluding carboxylic acids is 4. The summed E-state index contributed by atoms with van der Waals surface area (Å²) in [4.78, 5) is 61.2. The van der Waals surface area contributed by atoms with E-state index < -0.39 is 49.4 Å². The van der Waals surface area contributed by atoms with Crippen LogP contribution in [0.15, 0.2) is 24.3 Å². The number of unbranched alkanes of at least 4 members (excludes halogenated alkanes) is 1. The molecular weight excluding hydrogens is 632 g/mol. The van der Waals surface area contributed by atoms with E-state index in [1.54, 1.807) is 21.9 Å². The van der Waals surface area contributed by atoms with Crippen LogP contribution in [-0.4, -0.2) is 129 Å². The number of ether oxygens (including phenoxy) is 2. The molecule has 258 valence electrons. The number of pyridine rings is 1. The number of hydrogen-bond acceptors (Lipinski definition) is 10. The van der Waals surface area contributed by atoms with Crippen LogP contribution in [0, 0.1) is 6.92 Å². The van der Waals surface area contributed by atoms with Gasteiger partial charge in [0.05, 0.1) is 18.7 Å². The summed E-state index contributed by atoms with van der Waals surface area (Å²) in [5.74, 6) is -4.03. The Morgan fingerprint density at radius 2 is 1.83 bits per heavy atom. The van der Waals surface area contributed by atoms with E-state index in [9.17, 15) is 28.0 Å². The number of likely N-dealkylation sites (tertiary alicyclic amines) is 1. The zero-order valence-corrected chi connectivity index (χ0v) is 26.9. The van der Waals surface area contributed by atoms with E-state index in [0.29, 0.717) is 23.3 Å². The molecule has 0 bridgehead atoms. The molecular formula is C31H39F2N9O6. The Morgan fingerprint density at radius 1 is 1.06 bits per heavy atom. The SMILES string of the molecule is CCCCOC(=O)N1CCN(C(=O)C(CCc2nn[nH]n2)NC(=O)c2cc(OCC(=O)N3CCC(F)(F)C3)c3ccc(C)cc3n2)CC1. The van der Waals surface area contributed by atoms with E-state index in [-0.39, 0.29) is 62.9 Å². The lowest BCUT2D eigenvalue weighted by Crippen LogP contribution is -2.56. The van der Waals surface area contributed by atoms with Crippen molar-refractivity contribution in [3.63, 3.8) is 0 Å². The number of aromatic amines is 1. The van der Waals surface area contributed by atoms with Gasteiger partial charge in [-0.1, -0.05) is 24.6 Å². The van der Waals surface area contributed by atoms with Gasteiger partial charge >= 0.3 is 6.09 Å². The average Bonchev–Trinajstić information content (AvgIpc) is 3.74. The van der Waals surface area contributed by atoms with Crippen LogP contribution in [0.2, 0.25) is 0 Å². The maximum Gasteiger partial charge on any atom is 0.409 e. The Labute approximate surface area is 275 Å². The third kappa shape index (κ3) is 8.68. The van der Waals surface area contributed by atoms with Crippen LogP contribution < -0.4 is 10.1 Å². The van der Waals surface area contributed by atoms with Gasteiger partial charge in [-0.25, -0.2) is 18.6 Å². The number of halogens is 2. The van der Waals surface area contributed by atoms with Crippen molar-refractivity contribution in [2.24, 2.45) is 0 Å². The van der Waals surface area contributed by atoms with Crippen molar-refractivity contribution in [2.45, 2.75) is 57.9 Å². The van der Waals surface area contributed by atoms with Gasteiger partial charge < -0.3 is 29.5 Å². The molecule has 2 aromatic heterocycles. The Morgan fingerprint density at radius 3 is 2.52 bits per heavy atom. The molecule has 0 saturated carbocycles. The van der Waals surface area contributed by atoms with Gasteiger partial charge in [-0.15, -0.1) is 10.2 Å². The van der Waals surface area contributed by atoms with Crippen molar-refractivity contribution in [2.75, 3.05) is 52.5 Å². The quantitative estimate of drug-likeness (QED) is 0.271. The number of nitrogens with one attached hydrogen (secondary N) is 2. The summed E-state index contributed by atoms with van der Waals surface area (Å²) in [6.45, 7) is 4.00. The molecule has 3 aromatic rings. The molecule has 2 aliphatic rings.